The second-order valence-corrected chi connectivity index (χ2v) is 5.17. The predicted molar refractivity (Wildman–Crippen MR) is 78.8 cm³/mol. The second kappa shape index (κ2) is 5.85. The molecule has 0 atom stereocenters. The van der Waals surface area contributed by atoms with E-state index in [9.17, 15) is 4.79 Å². The molecular formula is C14H14Cl2N2O2. The highest BCUT2D eigenvalue weighted by atomic mass is 35.5. The largest absolute Gasteiger partial charge is 0.469 e. The molecule has 0 aliphatic heterocycles. The van der Waals surface area contributed by atoms with Gasteiger partial charge >= 0.3 is 5.97 Å². The van der Waals surface area contributed by atoms with Crippen LogP contribution in [0.2, 0.25) is 10.0 Å². The molecule has 1 aromatic heterocycles. The molecular weight excluding hydrogens is 299 g/mol. The molecule has 0 saturated heterocycles. The molecule has 106 valence electrons. The standard InChI is InChI=1S/C14H14Cl2N2O2/c1-8-10(7-13(19)20-3)9(2)18(17-8)12-6-4-5-11(15)14(12)16/h4-6H,7H2,1-3H3. The van der Waals surface area contributed by atoms with Gasteiger partial charge in [-0.1, -0.05) is 29.3 Å². The van der Waals surface area contributed by atoms with Crippen LogP contribution in [-0.2, 0) is 16.0 Å². The van der Waals surface area contributed by atoms with Crippen molar-refractivity contribution in [3.63, 3.8) is 0 Å². The molecule has 0 fully saturated rings. The van der Waals surface area contributed by atoms with Gasteiger partial charge in [-0.2, -0.15) is 5.10 Å². The van der Waals surface area contributed by atoms with Gasteiger partial charge in [0.05, 0.1) is 35.0 Å². The third kappa shape index (κ3) is 2.67. The number of carbonyl (C=O) groups is 1. The first-order valence-corrected chi connectivity index (χ1v) is 6.77. The Morgan fingerprint density at radius 3 is 2.70 bits per heavy atom. The monoisotopic (exact) mass is 312 g/mol. The van der Waals surface area contributed by atoms with Crippen molar-refractivity contribution in [3.8, 4) is 5.69 Å². The number of rotatable bonds is 3. The first-order valence-electron chi connectivity index (χ1n) is 6.02. The quantitative estimate of drug-likeness (QED) is 0.815. The molecule has 6 heteroatoms. The van der Waals surface area contributed by atoms with E-state index in [4.69, 9.17) is 27.9 Å². The normalized spacial score (nSPS) is 10.7. The van der Waals surface area contributed by atoms with E-state index in [1.165, 1.54) is 7.11 Å². The SMILES string of the molecule is COC(=O)Cc1c(C)nn(-c2cccc(Cl)c2Cl)c1C. The number of nitrogens with zero attached hydrogens (tertiary/aromatic N) is 2. The van der Waals surface area contributed by atoms with Crippen LogP contribution in [0.5, 0.6) is 0 Å². The smallest absolute Gasteiger partial charge is 0.310 e. The molecule has 0 aliphatic carbocycles. The molecule has 4 nitrogen and oxygen atoms in total. The lowest BCUT2D eigenvalue weighted by atomic mass is 10.1. The van der Waals surface area contributed by atoms with Crippen LogP contribution in [0.25, 0.3) is 5.69 Å². The molecule has 0 amide bonds. The first kappa shape index (κ1) is 14.9. The van der Waals surface area contributed by atoms with E-state index in [1.54, 1.807) is 16.8 Å². The number of aromatic nitrogens is 2. The van der Waals surface area contributed by atoms with Gasteiger partial charge in [0.1, 0.15) is 0 Å². The highest BCUT2D eigenvalue weighted by Gasteiger charge is 2.18. The van der Waals surface area contributed by atoms with Gasteiger partial charge < -0.3 is 4.74 Å². The summed E-state index contributed by atoms with van der Waals surface area (Å²) in [6.45, 7) is 3.73. The summed E-state index contributed by atoms with van der Waals surface area (Å²) in [5.41, 5.74) is 3.14. The molecule has 0 unspecified atom stereocenters. The number of hydrogen-bond donors (Lipinski definition) is 0. The molecule has 2 aromatic rings. The van der Waals surface area contributed by atoms with Crippen molar-refractivity contribution in [2.75, 3.05) is 7.11 Å². The number of esters is 1. The van der Waals surface area contributed by atoms with E-state index in [-0.39, 0.29) is 12.4 Å². The van der Waals surface area contributed by atoms with Crippen molar-refractivity contribution in [1.82, 2.24) is 9.78 Å². The van der Waals surface area contributed by atoms with Crippen LogP contribution in [0.1, 0.15) is 17.0 Å². The molecule has 1 aromatic carbocycles. The Morgan fingerprint density at radius 1 is 1.35 bits per heavy atom. The van der Waals surface area contributed by atoms with Crippen LogP contribution in [-0.4, -0.2) is 22.9 Å². The van der Waals surface area contributed by atoms with Crippen LogP contribution >= 0.6 is 23.2 Å². The minimum Gasteiger partial charge on any atom is -0.469 e. The molecule has 0 saturated carbocycles. The third-order valence-electron chi connectivity index (χ3n) is 3.15. The van der Waals surface area contributed by atoms with Crippen LogP contribution in [0.15, 0.2) is 18.2 Å². The Balaban J connectivity index is 2.52. The zero-order valence-corrected chi connectivity index (χ0v) is 12.9. The molecule has 0 bridgehead atoms. The van der Waals surface area contributed by atoms with Gasteiger partial charge in [-0.25, -0.2) is 4.68 Å². The predicted octanol–water partition coefficient (Wildman–Crippen LogP) is 3.51. The number of methoxy groups -OCH3 is 1. The maximum Gasteiger partial charge on any atom is 0.310 e. The van der Waals surface area contributed by atoms with E-state index >= 15 is 0 Å². The third-order valence-corrected chi connectivity index (χ3v) is 3.96. The summed E-state index contributed by atoms with van der Waals surface area (Å²) >= 11 is 12.2. The number of aryl methyl sites for hydroxylation is 1. The summed E-state index contributed by atoms with van der Waals surface area (Å²) < 4.78 is 6.40. The number of benzene rings is 1. The Labute approximate surface area is 127 Å². The van der Waals surface area contributed by atoms with Gasteiger partial charge in [0.15, 0.2) is 0 Å². The van der Waals surface area contributed by atoms with Crippen molar-refractivity contribution in [3.05, 3.63) is 45.2 Å². The molecule has 0 aliphatic rings. The Morgan fingerprint density at radius 2 is 2.05 bits per heavy atom. The zero-order chi connectivity index (χ0) is 14.9. The maximum atomic E-state index is 11.4. The number of ether oxygens (including phenoxy) is 1. The first-order chi connectivity index (χ1) is 9.45. The summed E-state index contributed by atoms with van der Waals surface area (Å²) in [4.78, 5) is 11.4. The number of hydrogen-bond acceptors (Lipinski definition) is 3. The fourth-order valence-electron chi connectivity index (χ4n) is 2.04. The summed E-state index contributed by atoms with van der Waals surface area (Å²) in [5.74, 6) is -0.298. The topological polar surface area (TPSA) is 44.1 Å². The van der Waals surface area contributed by atoms with Crippen molar-refractivity contribution in [1.29, 1.82) is 0 Å². The van der Waals surface area contributed by atoms with Crippen molar-refractivity contribution in [2.45, 2.75) is 20.3 Å². The zero-order valence-electron chi connectivity index (χ0n) is 11.4. The second-order valence-electron chi connectivity index (χ2n) is 4.39. The fraction of sp³-hybridized carbons (Fsp3) is 0.286. The average Bonchev–Trinajstić information content (AvgIpc) is 2.69. The number of carbonyl (C=O) groups excluding carboxylic acids is 1. The van der Waals surface area contributed by atoms with Gasteiger partial charge in [-0.05, 0) is 26.0 Å². The summed E-state index contributed by atoms with van der Waals surface area (Å²) in [6.07, 6.45) is 0.187. The number of halogens is 2. The van der Waals surface area contributed by atoms with Gasteiger partial charge in [-0.3, -0.25) is 4.79 Å². The van der Waals surface area contributed by atoms with Crippen LogP contribution in [0.3, 0.4) is 0 Å². The highest BCUT2D eigenvalue weighted by Crippen LogP contribution is 2.30. The van der Waals surface area contributed by atoms with Gasteiger partial charge in [0, 0.05) is 11.3 Å². The van der Waals surface area contributed by atoms with Crippen LogP contribution in [0.4, 0.5) is 0 Å². The lowest BCUT2D eigenvalue weighted by molar-refractivity contribution is -0.139. The average molecular weight is 313 g/mol. The molecule has 2 rings (SSSR count). The lowest BCUT2D eigenvalue weighted by Gasteiger charge is -2.08. The fourth-order valence-corrected chi connectivity index (χ4v) is 2.41. The van der Waals surface area contributed by atoms with Gasteiger partial charge in [0.25, 0.3) is 0 Å². The molecule has 1 heterocycles. The van der Waals surface area contributed by atoms with E-state index in [1.807, 2.05) is 19.9 Å². The molecule has 0 spiro atoms. The van der Waals surface area contributed by atoms with Gasteiger partial charge in [0.2, 0.25) is 0 Å². The van der Waals surface area contributed by atoms with Gasteiger partial charge in [-0.15, -0.1) is 0 Å². The van der Waals surface area contributed by atoms with E-state index in [2.05, 4.69) is 5.10 Å². The maximum absolute atomic E-state index is 11.4. The van der Waals surface area contributed by atoms with Crippen molar-refractivity contribution < 1.29 is 9.53 Å². The molecule has 0 radical (unpaired) electrons. The Bertz CT molecular complexity index is 665. The highest BCUT2D eigenvalue weighted by molar-refractivity contribution is 6.43. The van der Waals surface area contributed by atoms with E-state index in [0.717, 1.165) is 17.0 Å². The minimum absolute atomic E-state index is 0.187. The lowest BCUT2D eigenvalue weighted by Crippen LogP contribution is -2.06. The minimum atomic E-state index is -0.298. The van der Waals surface area contributed by atoms with Crippen molar-refractivity contribution in [2.24, 2.45) is 0 Å². The van der Waals surface area contributed by atoms with Crippen molar-refractivity contribution >= 4 is 29.2 Å². The van der Waals surface area contributed by atoms with E-state index in [0.29, 0.717) is 15.7 Å². The van der Waals surface area contributed by atoms with Crippen LogP contribution in [0, 0.1) is 13.8 Å². The molecule has 20 heavy (non-hydrogen) atoms. The summed E-state index contributed by atoms with van der Waals surface area (Å²) in [7, 11) is 1.37. The van der Waals surface area contributed by atoms with E-state index < -0.39 is 0 Å². The Hall–Kier alpha value is -1.52. The molecule has 0 N–H and O–H groups in total. The Kier molecular flexibility index (Phi) is 4.35. The summed E-state index contributed by atoms with van der Waals surface area (Å²) in [5, 5.41) is 5.33. The van der Waals surface area contributed by atoms with Crippen LogP contribution < -0.4 is 0 Å². The summed E-state index contributed by atoms with van der Waals surface area (Å²) in [6, 6.07) is 5.35.